The van der Waals surface area contributed by atoms with Crippen LogP contribution in [0.1, 0.15) is 6.92 Å². The van der Waals surface area contributed by atoms with E-state index in [2.05, 4.69) is 14.8 Å². The number of aliphatic imine (C=N–C) groups is 2. The highest BCUT2D eigenvalue weighted by molar-refractivity contribution is 8.01. The fraction of sp³-hybridized carbons (Fsp3) is 0.286. The zero-order valence-corrected chi connectivity index (χ0v) is 14.3. The Morgan fingerprint density at radius 3 is 2.00 bits per heavy atom. The molecular formula is C7H8N4O11S3. The van der Waals surface area contributed by atoms with Crippen molar-refractivity contribution in [2.75, 3.05) is 6.67 Å². The first kappa shape index (κ1) is 19.2. The molecule has 0 saturated heterocycles. The van der Waals surface area contributed by atoms with Crippen molar-refractivity contribution < 1.29 is 48.5 Å². The maximum absolute atomic E-state index is 11.5. The Hall–Kier alpha value is -2.12. The highest BCUT2D eigenvalue weighted by atomic mass is 32.2. The van der Waals surface area contributed by atoms with Gasteiger partial charge in [0.1, 0.15) is 6.67 Å². The summed E-state index contributed by atoms with van der Waals surface area (Å²) in [4.78, 5) is 21.7. The average molecular weight is 420 g/mol. The summed E-state index contributed by atoms with van der Waals surface area (Å²) in [5, 5.41) is -2.73. The smallest absolute Gasteiger partial charge is 0.339 e. The van der Waals surface area contributed by atoms with Crippen LogP contribution in [0.2, 0.25) is 0 Å². The lowest BCUT2D eigenvalue weighted by atomic mass is 10.4. The van der Waals surface area contributed by atoms with E-state index in [9.17, 15) is 39.2 Å². The van der Waals surface area contributed by atoms with E-state index < -0.39 is 64.9 Å². The summed E-state index contributed by atoms with van der Waals surface area (Å²) in [7, 11) is -15.5. The van der Waals surface area contributed by atoms with Crippen molar-refractivity contribution in [1.29, 1.82) is 0 Å². The Labute approximate surface area is 140 Å². The standard InChI is InChI=1S/C7H8N4O11S3/c1-3(12)22-10-2-11(25(19,20)21)5-4(6(10)23(13,14)15)8-7(9-5)24(16,17)18/h2H2,1H3,(H,13,14,15)(H,16,17,18)(H,19,20,21). The monoisotopic (exact) mass is 420 g/mol. The lowest BCUT2D eigenvalue weighted by Crippen LogP contribution is -2.50. The molecule has 0 fully saturated rings. The van der Waals surface area contributed by atoms with E-state index in [4.69, 9.17) is 4.55 Å². The highest BCUT2D eigenvalue weighted by Gasteiger charge is 2.46. The molecule has 0 aliphatic carbocycles. The van der Waals surface area contributed by atoms with E-state index in [1.54, 1.807) is 0 Å². The van der Waals surface area contributed by atoms with Crippen LogP contribution in [0.25, 0.3) is 0 Å². The minimum absolute atomic E-state index is 0.0240. The van der Waals surface area contributed by atoms with Crippen molar-refractivity contribution in [3.05, 3.63) is 10.7 Å². The van der Waals surface area contributed by atoms with E-state index in [0.29, 0.717) is 0 Å². The molecule has 0 unspecified atom stereocenters. The largest absolute Gasteiger partial charge is 0.362 e. The van der Waals surface area contributed by atoms with Crippen LogP contribution in [-0.2, 0) is 40.2 Å². The molecule has 0 aromatic rings. The van der Waals surface area contributed by atoms with Gasteiger partial charge in [0.05, 0.1) is 0 Å². The number of rotatable bonds is 3. The van der Waals surface area contributed by atoms with Crippen molar-refractivity contribution in [1.82, 2.24) is 9.37 Å². The molecule has 18 heteroatoms. The third kappa shape index (κ3) is 3.77. The Morgan fingerprint density at radius 2 is 1.60 bits per heavy atom. The van der Waals surface area contributed by atoms with Gasteiger partial charge in [0.25, 0.3) is 5.17 Å². The molecule has 2 aliphatic heterocycles. The number of nitrogens with zero attached hydrogens (tertiary/aromatic N) is 4. The molecule has 15 nitrogen and oxygen atoms in total. The molecule has 0 aromatic carbocycles. The normalized spacial score (nSPS) is 18.7. The number of hydrogen-bond acceptors (Lipinski definition) is 11. The number of hydrogen-bond donors (Lipinski definition) is 3. The second-order valence-electron chi connectivity index (χ2n) is 4.36. The van der Waals surface area contributed by atoms with Gasteiger partial charge < -0.3 is 4.84 Å². The molecule has 140 valence electrons. The van der Waals surface area contributed by atoms with Gasteiger partial charge in [-0.2, -0.15) is 35.3 Å². The van der Waals surface area contributed by atoms with E-state index in [1.807, 2.05) is 0 Å². The van der Waals surface area contributed by atoms with Crippen LogP contribution in [0.3, 0.4) is 0 Å². The summed E-state index contributed by atoms with van der Waals surface area (Å²) in [6, 6.07) is 0. The summed E-state index contributed by atoms with van der Waals surface area (Å²) in [6.07, 6.45) is 0. The molecule has 2 heterocycles. The third-order valence-corrected chi connectivity index (χ3v) is 4.91. The summed E-state index contributed by atoms with van der Waals surface area (Å²) < 4.78 is 95.4. The zero-order valence-electron chi connectivity index (χ0n) is 11.8. The summed E-state index contributed by atoms with van der Waals surface area (Å²) in [5.74, 6) is -2.21. The second kappa shape index (κ2) is 5.71. The lowest BCUT2D eigenvalue weighted by Gasteiger charge is -2.33. The first-order valence-electron chi connectivity index (χ1n) is 5.70. The predicted octanol–water partition coefficient (Wildman–Crippen LogP) is -2.44. The van der Waals surface area contributed by atoms with Gasteiger partial charge in [-0.15, -0.1) is 0 Å². The molecule has 0 aromatic heterocycles. The minimum Gasteiger partial charge on any atom is -0.339 e. The SMILES string of the molecule is CC(=O)ON1CN(S(=O)(=O)O)C2=NC(S(=O)(=O)O)=NC2=C1S(=O)(=O)O. The predicted molar refractivity (Wildman–Crippen MR) is 76.9 cm³/mol. The van der Waals surface area contributed by atoms with E-state index in [-0.39, 0.29) is 9.37 Å². The molecule has 3 N–H and O–H groups in total. The highest BCUT2D eigenvalue weighted by Crippen LogP contribution is 2.31. The maximum Gasteiger partial charge on any atom is 0.362 e. The van der Waals surface area contributed by atoms with Crippen molar-refractivity contribution in [3.63, 3.8) is 0 Å². The topological polar surface area (TPSA) is 221 Å². The Morgan fingerprint density at radius 1 is 1.04 bits per heavy atom. The second-order valence-corrected chi connectivity index (χ2v) is 8.35. The fourth-order valence-corrected chi connectivity index (χ4v) is 3.51. The Balaban J connectivity index is 2.85. The van der Waals surface area contributed by atoms with Crippen molar-refractivity contribution in [2.24, 2.45) is 9.98 Å². The molecule has 0 spiro atoms. The van der Waals surface area contributed by atoms with E-state index >= 15 is 0 Å². The van der Waals surface area contributed by atoms with Crippen LogP contribution in [0, 0.1) is 0 Å². The van der Waals surface area contributed by atoms with Gasteiger partial charge in [0.15, 0.2) is 11.5 Å². The average Bonchev–Trinajstić information content (AvgIpc) is 2.77. The van der Waals surface area contributed by atoms with Crippen LogP contribution in [0.15, 0.2) is 20.7 Å². The van der Waals surface area contributed by atoms with E-state index in [1.165, 1.54) is 0 Å². The van der Waals surface area contributed by atoms with Gasteiger partial charge >= 0.3 is 36.5 Å². The van der Waals surface area contributed by atoms with Crippen LogP contribution < -0.4 is 0 Å². The molecule has 0 saturated carbocycles. The number of hydroxylamine groups is 2. The lowest BCUT2D eigenvalue weighted by molar-refractivity contribution is -0.180. The van der Waals surface area contributed by atoms with Crippen molar-refractivity contribution in [3.8, 4) is 0 Å². The molecule has 0 amide bonds. The number of fused-ring (bicyclic) bond motifs is 1. The van der Waals surface area contributed by atoms with Gasteiger partial charge in [0.2, 0.25) is 5.03 Å². The van der Waals surface area contributed by atoms with E-state index in [0.717, 1.165) is 6.92 Å². The Bertz CT molecular complexity index is 1050. The summed E-state index contributed by atoms with van der Waals surface area (Å²) in [5.41, 5.74) is -1.11. The first-order chi connectivity index (χ1) is 11.1. The molecule has 0 radical (unpaired) electrons. The quantitative estimate of drug-likeness (QED) is 0.405. The van der Waals surface area contributed by atoms with Gasteiger partial charge in [-0.05, 0) is 0 Å². The molecule has 0 atom stereocenters. The molecule has 2 aliphatic rings. The van der Waals surface area contributed by atoms with Crippen molar-refractivity contribution in [2.45, 2.75) is 6.92 Å². The fourth-order valence-electron chi connectivity index (χ4n) is 1.77. The molecular weight excluding hydrogens is 412 g/mol. The van der Waals surface area contributed by atoms with Gasteiger partial charge in [-0.3, -0.25) is 18.5 Å². The van der Waals surface area contributed by atoms with Crippen LogP contribution in [-0.4, -0.2) is 71.9 Å². The number of carbonyl (C=O) groups excluding carboxylic acids is 1. The van der Waals surface area contributed by atoms with Crippen LogP contribution in [0.4, 0.5) is 0 Å². The molecule has 2 rings (SSSR count). The summed E-state index contributed by atoms with van der Waals surface area (Å²) >= 11 is 0. The van der Waals surface area contributed by atoms with Gasteiger partial charge in [0, 0.05) is 6.92 Å². The van der Waals surface area contributed by atoms with Crippen LogP contribution in [0.5, 0.6) is 0 Å². The number of carbonyl (C=O) groups is 1. The van der Waals surface area contributed by atoms with Gasteiger partial charge in [-0.1, -0.05) is 0 Å². The van der Waals surface area contributed by atoms with Crippen LogP contribution >= 0.6 is 0 Å². The number of amidine groups is 2. The summed E-state index contributed by atoms with van der Waals surface area (Å²) in [6.45, 7) is -0.417. The maximum atomic E-state index is 11.5. The van der Waals surface area contributed by atoms with Gasteiger partial charge in [-0.25, -0.2) is 9.30 Å². The minimum atomic E-state index is -5.25. The molecule has 0 bridgehead atoms. The Kier molecular flexibility index (Phi) is 4.39. The zero-order chi connectivity index (χ0) is 19.4. The molecule has 25 heavy (non-hydrogen) atoms. The first-order valence-corrected chi connectivity index (χ1v) is 9.98. The van der Waals surface area contributed by atoms with Crippen molar-refractivity contribution >= 4 is 47.5 Å². The third-order valence-electron chi connectivity index (χ3n) is 2.54.